The molecule has 2 heterocycles. The highest BCUT2D eigenvalue weighted by Gasteiger charge is 2.23. The van der Waals surface area contributed by atoms with Gasteiger partial charge in [-0.2, -0.15) is 0 Å². The van der Waals surface area contributed by atoms with Crippen LogP contribution in [0, 0.1) is 0 Å². The maximum absolute atomic E-state index is 12.1. The molecular formula is C19H28N4O2. The van der Waals surface area contributed by atoms with Gasteiger partial charge in [0.1, 0.15) is 5.82 Å². The molecule has 1 atom stereocenters. The third kappa shape index (κ3) is 4.66. The Hall–Kier alpha value is -1.76. The maximum Gasteiger partial charge on any atom is 0.258 e. The first-order valence-corrected chi connectivity index (χ1v) is 9.19. The highest BCUT2D eigenvalue weighted by Crippen LogP contribution is 2.10. The maximum atomic E-state index is 12.1. The third-order valence-corrected chi connectivity index (χ3v) is 4.90. The number of benzene rings is 1. The molecule has 0 spiro atoms. The Kier molecular flexibility index (Phi) is 6.18. The summed E-state index contributed by atoms with van der Waals surface area (Å²) in [5, 5.41) is 0.655. The largest absolute Gasteiger partial charge is 0.380 e. The zero-order valence-electron chi connectivity index (χ0n) is 15.2. The van der Waals surface area contributed by atoms with Crippen molar-refractivity contribution in [3.63, 3.8) is 0 Å². The highest BCUT2D eigenvalue weighted by molar-refractivity contribution is 5.77. The zero-order valence-corrected chi connectivity index (χ0v) is 15.2. The van der Waals surface area contributed by atoms with Crippen LogP contribution in [0.3, 0.4) is 0 Å². The van der Waals surface area contributed by atoms with E-state index in [9.17, 15) is 4.79 Å². The monoisotopic (exact) mass is 344 g/mol. The molecule has 1 aliphatic heterocycles. The van der Waals surface area contributed by atoms with E-state index in [1.165, 1.54) is 0 Å². The van der Waals surface area contributed by atoms with E-state index in [0.717, 1.165) is 63.7 Å². The molecule has 6 nitrogen and oxygen atoms in total. The van der Waals surface area contributed by atoms with Crippen LogP contribution in [0.15, 0.2) is 29.1 Å². The van der Waals surface area contributed by atoms with Crippen LogP contribution in [0.4, 0.5) is 0 Å². The van der Waals surface area contributed by atoms with Crippen LogP contribution in [0.5, 0.6) is 0 Å². The second-order valence-electron chi connectivity index (χ2n) is 6.66. The first-order chi connectivity index (χ1) is 12.2. The summed E-state index contributed by atoms with van der Waals surface area (Å²) in [5.74, 6) is 0.773. The van der Waals surface area contributed by atoms with E-state index in [2.05, 4.69) is 26.7 Å². The average Bonchev–Trinajstić information content (AvgIpc) is 2.62. The number of piperazine rings is 1. The van der Waals surface area contributed by atoms with Gasteiger partial charge in [0.25, 0.3) is 5.56 Å². The molecular weight excluding hydrogens is 316 g/mol. The Balaban J connectivity index is 1.54. The quantitative estimate of drug-likeness (QED) is 0.772. The number of aromatic amines is 1. The van der Waals surface area contributed by atoms with Crippen molar-refractivity contribution >= 4 is 10.9 Å². The predicted molar refractivity (Wildman–Crippen MR) is 100 cm³/mol. The van der Waals surface area contributed by atoms with Gasteiger partial charge in [0.05, 0.1) is 17.5 Å². The van der Waals surface area contributed by atoms with Gasteiger partial charge in [0.2, 0.25) is 0 Å². The predicted octanol–water partition coefficient (Wildman–Crippen LogP) is 1.51. The van der Waals surface area contributed by atoms with E-state index < -0.39 is 0 Å². The van der Waals surface area contributed by atoms with Gasteiger partial charge in [-0.05, 0) is 26.0 Å². The number of hydrogen-bond donors (Lipinski definition) is 1. The molecule has 0 radical (unpaired) electrons. The first-order valence-electron chi connectivity index (χ1n) is 9.19. The van der Waals surface area contributed by atoms with Gasteiger partial charge in [-0.1, -0.05) is 12.1 Å². The molecule has 2 aromatic rings. The molecule has 3 rings (SSSR count). The molecule has 6 heteroatoms. The summed E-state index contributed by atoms with van der Waals surface area (Å²) < 4.78 is 5.47. The van der Waals surface area contributed by atoms with Crippen LogP contribution in [0.1, 0.15) is 19.7 Å². The third-order valence-electron chi connectivity index (χ3n) is 4.90. The number of nitrogens with one attached hydrogen (secondary N) is 1. The fraction of sp³-hybridized carbons (Fsp3) is 0.579. The van der Waals surface area contributed by atoms with E-state index in [-0.39, 0.29) is 5.56 Å². The van der Waals surface area contributed by atoms with Gasteiger partial charge in [-0.25, -0.2) is 4.98 Å². The van der Waals surface area contributed by atoms with Crippen molar-refractivity contribution in [2.75, 3.05) is 45.9 Å². The Morgan fingerprint density at radius 2 is 2.12 bits per heavy atom. The normalized spacial score (nSPS) is 19.5. The summed E-state index contributed by atoms with van der Waals surface area (Å²) in [5.41, 5.74) is 0.727. The fourth-order valence-electron chi connectivity index (χ4n) is 3.45. The number of para-hydroxylation sites is 1. The van der Waals surface area contributed by atoms with Crippen LogP contribution in [-0.2, 0) is 11.2 Å². The standard InChI is InChI=1S/C19H28N4O2/c1-3-25-13-12-23-11-10-22(14-15(23)2)9-8-18-20-17-7-5-4-6-16(17)19(24)21-18/h4-7,15H,3,8-14H2,1-2H3,(H,20,21,24). The van der Waals surface area contributed by atoms with Crippen LogP contribution < -0.4 is 5.56 Å². The van der Waals surface area contributed by atoms with E-state index >= 15 is 0 Å². The summed E-state index contributed by atoms with van der Waals surface area (Å²) in [7, 11) is 0. The van der Waals surface area contributed by atoms with Gasteiger partial charge in [-0.15, -0.1) is 0 Å². The van der Waals surface area contributed by atoms with Gasteiger partial charge >= 0.3 is 0 Å². The Morgan fingerprint density at radius 1 is 1.28 bits per heavy atom. The molecule has 1 fully saturated rings. The summed E-state index contributed by atoms with van der Waals surface area (Å²) >= 11 is 0. The van der Waals surface area contributed by atoms with Gasteiger partial charge in [0, 0.05) is 51.8 Å². The first kappa shape index (κ1) is 18.0. The summed E-state index contributed by atoms with van der Waals surface area (Å²) in [4.78, 5) is 24.6. The van der Waals surface area contributed by atoms with Crippen LogP contribution in [0.2, 0.25) is 0 Å². The molecule has 1 N–H and O–H groups in total. The van der Waals surface area contributed by atoms with E-state index in [1.807, 2.05) is 31.2 Å². The average molecular weight is 344 g/mol. The summed E-state index contributed by atoms with van der Waals surface area (Å²) in [6.07, 6.45) is 0.770. The lowest BCUT2D eigenvalue weighted by molar-refractivity contribution is 0.0496. The lowest BCUT2D eigenvalue weighted by Crippen LogP contribution is -2.53. The van der Waals surface area contributed by atoms with Gasteiger partial charge in [-0.3, -0.25) is 9.69 Å². The minimum Gasteiger partial charge on any atom is -0.380 e. The molecule has 1 aliphatic rings. The molecule has 1 aromatic carbocycles. The Morgan fingerprint density at radius 3 is 2.92 bits per heavy atom. The van der Waals surface area contributed by atoms with E-state index in [0.29, 0.717) is 11.4 Å². The lowest BCUT2D eigenvalue weighted by Gasteiger charge is -2.39. The number of aromatic nitrogens is 2. The molecule has 0 saturated carbocycles. The molecule has 136 valence electrons. The van der Waals surface area contributed by atoms with Gasteiger partial charge in [0.15, 0.2) is 0 Å². The second kappa shape index (κ2) is 8.56. The second-order valence-corrected chi connectivity index (χ2v) is 6.66. The molecule has 25 heavy (non-hydrogen) atoms. The van der Waals surface area contributed by atoms with Crippen LogP contribution in [0.25, 0.3) is 10.9 Å². The number of fused-ring (bicyclic) bond motifs is 1. The van der Waals surface area contributed by atoms with E-state index in [4.69, 9.17) is 4.74 Å². The smallest absolute Gasteiger partial charge is 0.258 e. The number of H-pyrrole nitrogens is 1. The van der Waals surface area contributed by atoms with Crippen molar-refractivity contribution in [1.82, 2.24) is 19.8 Å². The zero-order chi connectivity index (χ0) is 17.6. The molecule has 1 unspecified atom stereocenters. The summed E-state index contributed by atoms with van der Waals surface area (Å²) in [6, 6.07) is 8.02. The molecule has 1 saturated heterocycles. The molecule has 0 bridgehead atoms. The fourth-order valence-corrected chi connectivity index (χ4v) is 3.45. The highest BCUT2D eigenvalue weighted by atomic mass is 16.5. The molecule has 0 aliphatic carbocycles. The number of rotatable bonds is 7. The van der Waals surface area contributed by atoms with E-state index in [1.54, 1.807) is 0 Å². The van der Waals surface area contributed by atoms with Crippen molar-refractivity contribution in [3.8, 4) is 0 Å². The minimum absolute atomic E-state index is 0.0466. The van der Waals surface area contributed by atoms with Crippen molar-refractivity contribution in [2.45, 2.75) is 26.3 Å². The Bertz CT molecular complexity index is 746. The SMILES string of the molecule is CCOCCN1CCN(CCc2nc3ccccc3c(=O)[nH]2)CC1C. The molecule has 1 aromatic heterocycles. The van der Waals surface area contributed by atoms with Crippen molar-refractivity contribution in [3.05, 3.63) is 40.4 Å². The lowest BCUT2D eigenvalue weighted by atomic mass is 10.2. The number of nitrogens with zero attached hydrogens (tertiary/aromatic N) is 3. The number of hydrogen-bond acceptors (Lipinski definition) is 5. The van der Waals surface area contributed by atoms with Crippen LogP contribution >= 0.6 is 0 Å². The topological polar surface area (TPSA) is 61.5 Å². The summed E-state index contributed by atoms with van der Waals surface area (Å²) in [6.45, 7) is 11.0. The molecule has 0 amide bonds. The Labute approximate surface area is 148 Å². The number of ether oxygens (including phenoxy) is 1. The van der Waals surface area contributed by atoms with Crippen molar-refractivity contribution in [1.29, 1.82) is 0 Å². The van der Waals surface area contributed by atoms with Crippen molar-refractivity contribution < 1.29 is 4.74 Å². The van der Waals surface area contributed by atoms with Crippen molar-refractivity contribution in [2.24, 2.45) is 0 Å². The van der Waals surface area contributed by atoms with Gasteiger partial charge < -0.3 is 14.6 Å². The minimum atomic E-state index is -0.0466. The van der Waals surface area contributed by atoms with Crippen LogP contribution in [-0.4, -0.2) is 71.7 Å².